The highest BCUT2D eigenvalue weighted by Crippen LogP contribution is 2.26. The highest BCUT2D eigenvalue weighted by atomic mass is 16.3. The lowest BCUT2D eigenvalue weighted by atomic mass is 10.1. The van der Waals surface area contributed by atoms with Crippen LogP contribution in [0, 0.1) is 12.8 Å². The number of likely N-dealkylation sites (tertiary alicyclic amines) is 1. The summed E-state index contributed by atoms with van der Waals surface area (Å²) in [5.41, 5.74) is 2.08. The molecule has 7 heteroatoms. The van der Waals surface area contributed by atoms with Crippen molar-refractivity contribution in [3.8, 4) is 0 Å². The first-order chi connectivity index (χ1) is 13.0. The molecule has 1 aromatic carbocycles. The number of hydrogen-bond donors (Lipinski definition) is 2. The van der Waals surface area contributed by atoms with Crippen molar-refractivity contribution in [3.63, 3.8) is 0 Å². The average Bonchev–Trinajstić information content (AvgIpc) is 3.29. The molecule has 3 amide bonds. The minimum absolute atomic E-state index is 0.0627. The summed E-state index contributed by atoms with van der Waals surface area (Å²) in [6.07, 6.45) is 2.12. The van der Waals surface area contributed by atoms with Crippen LogP contribution in [-0.4, -0.2) is 29.2 Å². The Morgan fingerprint density at radius 1 is 1.19 bits per heavy atom. The van der Waals surface area contributed by atoms with E-state index in [-0.39, 0.29) is 24.1 Å². The molecule has 27 heavy (non-hydrogen) atoms. The van der Waals surface area contributed by atoms with E-state index in [4.69, 9.17) is 4.42 Å². The molecule has 0 bridgehead atoms. The molecule has 1 aromatic heterocycles. The van der Waals surface area contributed by atoms with E-state index in [0.717, 1.165) is 5.56 Å². The molecule has 7 nitrogen and oxygen atoms in total. The predicted octanol–water partition coefficient (Wildman–Crippen LogP) is 2.92. The minimum Gasteiger partial charge on any atom is -0.467 e. The Bertz CT molecular complexity index is 845. The second-order valence-corrected chi connectivity index (χ2v) is 6.62. The number of nitrogens with one attached hydrogen (secondary N) is 2. The van der Waals surface area contributed by atoms with Crippen LogP contribution in [0.25, 0.3) is 0 Å². The van der Waals surface area contributed by atoms with Crippen LogP contribution in [0.2, 0.25) is 0 Å². The monoisotopic (exact) mass is 369 g/mol. The molecule has 1 aliphatic heterocycles. The Hall–Kier alpha value is -3.09. The van der Waals surface area contributed by atoms with Crippen molar-refractivity contribution in [2.75, 3.05) is 17.2 Å². The van der Waals surface area contributed by atoms with Crippen molar-refractivity contribution in [3.05, 3.63) is 47.9 Å². The number of carbonyl (C=O) groups is 3. The summed E-state index contributed by atoms with van der Waals surface area (Å²) < 4.78 is 5.28. The maximum absolute atomic E-state index is 12.6. The third kappa shape index (κ3) is 4.36. The molecule has 1 aliphatic rings. The third-order valence-corrected chi connectivity index (χ3v) is 4.70. The summed E-state index contributed by atoms with van der Waals surface area (Å²) >= 11 is 0. The average molecular weight is 369 g/mol. The molecule has 1 saturated heterocycles. The van der Waals surface area contributed by atoms with Gasteiger partial charge in [-0.25, -0.2) is 0 Å². The Morgan fingerprint density at radius 3 is 2.59 bits per heavy atom. The molecule has 3 rings (SSSR count). The normalized spacial score (nSPS) is 16.4. The summed E-state index contributed by atoms with van der Waals surface area (Å²) in [6, 6.07) is 8.93. The van der Waals surface area contributed by atoms with E-state index in [1.165, 1.54) is 0 Å². The van der Waals surface area contributed by atoms with Gasteiger partial charge >= 0.3 is 0 Å². The van der Waals surface area contributed by atoms with Gasteiger partial charge < -0.3 is 20.0 Å². The van der Waals surface area contributed by atoms with Crippen LogP contribution in [0.15, 0.2) is 41.0 Å². The van der Waals surface area contributed by atoms with Gasteiger partial charge in [-0.1, -0.05) is 13.0 Å². The fourth-order valence-corrected chi connectivity index (χ4v) is 3.07. The fraction of sp³-hybridized carbons (Fsp3) is 0.350. The van der Waals surface area contributed by atoms with Crippen molar-refractivity contribution in [1.29, 1.82) is 0 Å². The fourth-order valence-electron chi connectivity index (χ4n) is 3.07. The van der Waals surface area contributed by atoms with Crippen LogP contribution in [0.5, 0.6) is 0 Å². The minimum atomic E-state index is -0.416. The lowest BCUT2D eigenvalue weighted by molar-refractivity contribution is -0.128. The second kappa shape index (κ2) is 8.07. The maximum Gasteiger partial charge on any atom is 0.229 e. The van der Waals surface area contributed by atoms with Crippen LogP contribution >= 0.6 is 0 Å². The second-order valence-electron chi connectivity index (χ2n) is 6.62. The zero-order valence-electron chi connectivity index (χ0n) is 15.5. The number of rotatable bonds is 6. The molecule has 0 aliphatic carbocycles. The highest BCUT2D eigenvalue weighted by molar-refractivity contribution is 5.99. The number of furan rings is 1. The Morgan fingerprint density at radius 2 is 1.93 bits per heavy atom. The van der Waals surface area contributed by atoms with E-state index in [1.54, 1.807) is 48.4 Å². The molecular formula is C20H23N3O4. The summed E-state index contributed by atoms with van der Waals surface area (Å²) in [4.78, 5) is 38.1. The number of amides is 3. The Balaban J connectivity index is 1.64. The lowest BCUT2D eigenvalue weighted by Gasteiger charge is -2.16. The van der Waals surface area contributed by atoms with Crippen molar-refractivity contribution in [2.24, 2.45) is 5.92 Å². The van der Waals surface area contributed by atoms with Gasteiger partial charge in [0.15, 0.2) is 0 Å². The number of nitrogens with zero attached hydrogens (tertiary/aromatic N) is 1. The van der Waals surface area contributed by atoms with Gasteiger partial charge in [-0.3, -0.25) is 14.4 Å². The zero-order valence-corrected chi connectivity index (χ0v) is 15.5. The molecule has 142 valence electrons. The molecule has 0 radical (unpaired) electrons. The van der Waals surface area contributed by atoms with Crippen LogP contribution in [0.1, 0.15) is 31.1 Å². The zero-order chi connectivity index (χ0) is 19.4. The number of anilines is 2. The van der Waals surface area contributed by atoms with E-state index in [0.29, 0.717) is 36.6 Å². The lowest BCUT2D eigenvalue weighted by Crippen LogP contribution is -2.28. The van der Waals surface area contributed by atoms with Gasteiger partial charge in [-0.05, 0) is 36.8 Å². The summed E-state index contributed by atoms with van der Waals surface area (Å²) in [5.74, 6) is -0.0727. The largest absolute Gasteiger partial charge is 0.467 e. The van der Waals surface area contributed by atoms with E-state index in [2.05, 4.69) is 10.6 Å². The van der Waals surface area contributed by atoms with Gasteiger partial charge in [0.2, 0.25) is 17.7 Å². The van der Waals surface area contributed by atoms with Gasteiger partial charge in [-0.2, -0.15) is 0 Å². The maximum atomic E-state index is 12.6. The van der Waals surface area contributed by atoms with Crippen LogP contribution in [0.4, 0.5) is 11.4 Å². The third-order valence-electron chi connectivity index (χ3n) is 4.70. The Labute approximate surface area is 157 Å². The first-order valence-electron chi connectivity index (χ1n) is 8.98. The molecule has 1 unspecified atom stereocenters. The number of hydrogen-bond acceptors (Lipinski definition) is 4. The van der Waals surface area contributed by atoms with Crippen molar-refractivity contribution in [2.45, 2.75) is 33.2 Å². The summed E-state index contributed by atoms with van der Waals surface area (Å²) in [6.45, 7) is 4.34. The predicted molar refractivity (Wildman–Crippen MR) is 101 cm³/mol. The van der Waals surface area contributed by atoms with Gasteiger partial charge in [0.25, 0.3) is 0 Å². The van der Waals surface area contributed by atoms with Crippen LogP contribution < -0.4 is 10.6 Å². The van der Waals surface area contributed by atoms with E-state index in [1.807, 2.05) is 6.92 Å². The molecule has 0 saturated carbocycles. The molecule has 2 heterocycles. The Kier molecular flexibility index (Phi) is 5.59. The molecule has 1 fully saturated rings. The van der Waals surface area contributed by atoms with Gasteiger partial charge in [-0.15, -0.1) is 0 Å². The first-order valence-corrected chi connectivity index (χ1v) is 8.98. The van der Waals surface area contributed by atoms with Crippen molar-refractivity contribution >= 4 is 29.1 Å². The summed E-state index contributed by atoms with van der Waals surface area (Å²) in [5, 5.41) is 5.71. The van der Waals surface area contributed by atoms with Gasteiger partial charge in [0.05, 0.1) is 18.7 Å². The van der Waals surface area contributed by atoms with E-state index >= 15 is 0 Å². The standard InChI is InChI=1S/C20H23N3O4/c1-3-18(24)21-16-7-4-8-17(13(16)2)22-20(26)14-10-19(25)23(11-14)12-15-6-5-9-27-15/h4-9,14H,3,10-12H2,1-2H3,(H,21,24)(H,22,26). The smallest absolute Gasteiger partial charge is 0.229 e. The number of carbonyl (C=O) groups excluding carboxylic acids is 3. The van der Waals surface area contributed by atoms with Gasteiger partial charge in [0.1, 0.15) is 5.76 Å². The molecule has 2 aromatic rings. The molecule has 1 atom stereocenters. The van der Waals surface area contributed by atoms with Crippen LogP contribution in [0.3, 0.4) is 0 Å². The number of benzene rings is 1. The molecular weight excluding hydrogens is 346 g/mol. The topological polar surface area (TPSA) is 91.7 Å². The van der Waals surface area contributed by atoms with Crippen LogP contribution in [-0.2, 0) is 20.9 Å². The molecule has 2 N–H and O–H groups in total. The van der Waals surface area contributed by atoms with Gasteiger partial charge in [0, 0.05) is 30.8 Å². The SMILES string of the molecule is CCC(=O)Nc1cccc(NC(=O)C2CC(=O)N(Cc3ccco3)C2)c1C. The molecule has 0 spiro atoms. The quantitative estimate of drug-likeness (QED) is 0.819. The van der Waals surface area contributed by atoms with E-state index < -0.39 is 5.92 Å². The summed E-state index contributed by atoms with van der Waals surface area (Å²) in [7, 11) is 0. The van der Waals surface area contributed by atoms with Crippen molar-refractivity contribution < 1.29 is 18.8 Å². The first kappa shape index (κ1) is 18.7. The highest BCUT2D eigenvalue weighted by Gasteiger charge is 2.34. The van der Waals surface area contributed by atoms with Crippen molar-refractivity contribution in [1.82, 2.24) is 4.90 Å². The van der Waals surface area contributed by atoms with E-state index in [9.17, 15) is 14.4 Å².